The number of thiophene rings is 1. The second-order valence-electron chi connectivity index (χ2n) is 21.6. The van der Waals surface area contributed by atoms with E-state index in [4.69, 9.17) is 24.2 Å². The molecular formula is C54H62F3N9O7S2. The maximum Gasteiger partial charge on any atom is 0.407 e. The van der Waals surface area contributed by atoms with Gasteiger partial charge in [-0.05, 0) is 111 Å². The van der Waals surface area contributed by atoms with Crippen LogP contribution in [0.2, 0.25) is 0 Å². The van der Waals surface area contributed by atoms with Crippen molar-refractivity contribution < 1.29 is 46.6 Å². The summed E-state index contributed by atoms with van der Waals surface area (Å²) in [5, 5.41) is 6.23. The van der Waals surface area contributed by atoms with E-state index in [1.807, 2.05) is 44.2 Å². The number of imidazole rings is 2. The smallest absolute Gasteiger partial charge is 0.407 e. The highest BCUT2D eigenvalue weighted by Gasteiger charge is 2.47. The summed E-state index contributed by atoms with van der Waals surface area (Å²) in [6, 6.07) is 13.0. The Kier molecular flexibility index (Phi) is 13.2. The number of ether oxygens (including phenoxy) is 3. The maximum absolute atomic E-state index is 17.0. The lowest BCUT2D eigenvalue weighted by Crippen LogP contribution is -2.53. The van der Waals surface area contributed by atoms with Crippen molar-refractivity contribution in [2.45, 2.75) is 107 Å². The molecule has 2 aromatic carbocycles. The van der Waals surface area contributed by atoms with Crippen LogP contribution < -0.4 is 15.4 Å². The van der Waals surface area contributed by atoms with Crippen LogP contribution in [0, 0.1) is 17.7 Å². The fourth-order valence-electron chi connectivity index (χ4n) is 11.5. The van der Waals surface area contributed by atoms with Crippen molar-refractivity contribution >= 4 is 56.3 Å². The highest BCUT2D eigenvalue weighted by atomic mass is 32.3. The second kappa shape index (κ2) is 19.6. The van der Waals surface area contributed by atoms with E-state index >= 15 is 4.39 Å². The molecule has 0 spiro atoms. The van der Waals surface area contributed by atoms with Crippen LogP contribution in [-0.4, -0.2) is 121 Å². The molecule has 75 heavy (non-hydrogen) atoms. The third kappa shape index (κ3) is 9.74. The molecule has 2 saturated heterocycles. The molecule has 16 nitrogen and oxygen atoms in total. The van der Waals surface area contributed by atoms with Crippen molar-refractivity contribution in [2.75, 3.05) is 44.9 Å². The molecule has 1 unspecified atom stereocenters. The number of carbonyl (C=O) groups is 4. The zero-order valence-electron chi connectivity index (χ0n) is 42.7. The first kappa shape index (κ1) is 50.7. The molecule has 0 radical (unpaired) electrons. The predicted molar refractivity (Wildman–Crippen MR) is 280 cm³/mol. The number of carbonyl (C=O) groups excluding carboxylic acids is 4. The molecule has 0 bridgehead atoms. The molecular weight excluding hydrogens is 1010 g/mol. The molecule has 5 aliphatic rings. The van der Waals surface area contributed by atoms with Gasteiger partial charge in [0.1, 0.15) is 35.3 Å². The molecule has 5 atom stereocenters. The maximum atomic E-state index is 17.0. The summed E-state index contributed by atoms with van der Waals surface area (Å²) in [5.74, 6) is -1.37. The van der Waals surface area contributed by atoms with Gasteiger partial charge in [-0.2, -0.15) is 0 Å². The number of amides is 4. The van der Waals surface area contributed by atoms with Crippen molar-refractivity contribution in [1.29, 1.82) is 0 Å². The molecule has 4 amide bonds. The first-order chi connectivity index (χ1) is 35.9. The number of H-pyrrole nitrogens is 2. The predicted octanol–water partition coefficient (Wildman–Crippen LogP) is 10.6. The van der Waals surface area contributed by atoms with Crippen LogP contribution >= 0.6 is 21.4 Å². The standard InChI is InChI=1S/C54H62F3N9O7S2/c1-28(2)45(62-52(69)71-3)49(67)64-19-7-8-38(64)47-58-25-36(61-47)32-21-34(55)44-39-22-33-20-31(11-12-37(33)66(39)51(73-41(44)23-32)43-14-13-42(74-43)29-9-10-29)35-24-59-48(60-35)40-26-75(5,6)27-65(40)50(68)46(63-53(70)72-4)30-15-17-54(56,57)18-16-30/h11-14,20-25,28-30,38,40,45-46,51H,7-10,15-19,26-27H2,1-6H3,(H,58,61)(H,59,60)(H,62,69)(H,63,70)/t38-,40-,45-,46?,51-/m0/s1. The molecule has 6 aromatic rings. The number of aromatic nitrogens is 5. The van der Waals surface area contributed by atoms with Crippen molar-refractivity contribution in [3.63, 3.8) is 0 Å². The van der Waals surface area contributed by atoms with Crippen LogP contribution in [0.15, 0.2) is 60.9 Å². The number of methoxy groups -OCH3 is 2. The van der Waals surface area contributed by atoms with Crippen molar-refractivity contribution in [3.8, 4) is 39.5 Å². The van der Waals surface area contributed by atoms with Crippen LogP contribution in [0.25, 0.3) is 44.7 Å². The largest absolute Gasteiger partial charge is 0.464 e. The average molecular weight is 1070 g/mol. The normalized spacial score (nSPS) is 22.3. The lowest BCUT2D eigenvalue weighted by atomic mass is 9.81. The van der Waals surface area contributed by atoms with E-state index in [9.17, 15) is 28.0 Å². The van der Waals surface area contributed by atoms with Gasteiger partial charge in [-0.15, -0.1) is 11.3 Å². The number of benzene rings is 2. The quantitative estimate of drug-likeness (QED) is 0.0924. The number of alkyl carbamates (subject to hydrolysis) is 2. The van der Waals surface area contributed by atoms with Crippen molar-refractivity contribution in [2.24, 2.45) is 11.8 Å². The fraction of sp³-hybridized carbons (Fsp3) is 0.481. The Morgan fingerprint density at radius 2 is 1.51 bits per heavy atom. The van der Waals surface area contributed by atoms with Gasteiger partial charge in [0.15, 0.2) is 0 Å². The molecule has 2 saturated carbocycles. The van der Waals surface area contributed by atoms with Crippen LogP contribution in [0.5, 0.6) is 5.75 Å². The summed E-state index contributed by atoms with van der Waals surface area (Å²) in [7, 11) is 1.15. The van der Waals surface area contributed by atoms with Gasteiger partial charge in [0, 0.05) is 46.5 Å². The van der Waals surface area contributed by atoms with E-state index in [0.29, 0.717) is 76.1 Å². The summed E-state index contributed by atoms with van der Waals surface area (Å²) in [6.07, 6.45) is 8.79. The number of hydrogen-bond donors (Lipinski definition) is 4. The SMILES string of the molecule is COC(=O)NC(C(=O)N1CS(C)(C)C[C@H]1c1ncc(-c2ccc3c(c2)cc2n3[C@H](c3ccc(C4CC4)s3)Oc3cc(-c4cnc([C@@H]5CCCN5C(=O)[C@@H](NC(=O)OC)C(C)C)[nH]4)cc(F)c3-2)[nH]1)C1CCC(F)(F)CC1. The Balaban J connectivity index is 0.901. The van der Waals surface area contributed by atoms with Gasteiger partial charge in [-0.1, -0.05) is 19.9 Å². The summed E-state index contributed by atoms with van der Waals surface area (Å²) in [4.78, 5) is 75.3. The number of aromatic amines is 2. The Morgan fingerprint density at radius 1 is 0.827 bits per heavy atom. The molecule has 2 aliphatic carbocycles. The zero-order chi connectivity index (χ0) is 52.7. The molecule has 398 valence electrons. The monoisotopic (exact) mass is 1070 g/mol. The topological polar surface area (TPSA) is 189 Å². The summed E-state index contributed by atoms with van der Waals surface area (Å²) < 4.78 is 64.2. The van der Waals surface area contributed by atoms with E-state index < -0.39 is 64.2 Å². The Bertz CT molecular complexity index is 3190. The number of rotatable bonds is 12. The minimum atomic E-state index is -2.81. The average Bonchev–Trinajstić information content (AvgIpc) is 4.11. The second-order valence-corrected chi connectivity index (χ2v) is 26.9. The first-order valence-electron chi connectivity index (χ1n) is 25.6. The van der Waals surface area contributed by atoms with Gasteiger partial charge < -0.3 is 44.6 Å². The lowest BCUT2D eigenvalue weighted by Gasteiger charge is -2.36. The molecule has 4 N–H and O–H groups in total. The van der Waals surface area contributed by atoms with Gasteiger partial charge in [0.05, 0.1) is 77.6 Å². The summed E-state index contributed by atoms with van der Waals surface area (Å²) >= 11 is 1.71. The third-order valence-electron chi connectivity index (χ3n) is 15.6. The highest BCUT2D eigenvalue weighted by molar-refractivity contribution is 8.32. The molecule has 11 rings (SSSR count). The number of likely N-dealkylation sites (tertiary alicyclic amines) is 1. The summed E-state index contributed by atoms with van der Waals surface area (Å²) in [6.45, 7) is 4.23. The Hall–Kier alpha value is -6.48. The van der Waals surface area contributed by atoms with E-state index in [1.165, 1.54) is 25.2 Å². The van der Waals surface area contributed by atoms with Crippen molar-refractivity contribution in [3.05, 3.63) is 88.1 Å². The van der Waals surface area contributed by atoms with Gasteiger partial charge in [-0.3, -0.25) is 14.2 Å². The molecule has 7 heterocycles. The number of nitrogens with one attached hydrogen (secondary N) is 4. The number of alkyl halides is 2. The minimum Gasteiger partial charge on any atom is -0.464 e. The molecule has 4 aromatic heterocycles. The number of halogens is 3. The number of nitrogens with zero attached hydrogens (tertiary/aromatic N) is 5. The number of hydrogen-bond acceptors (Lipinski definition) is 10. The van der Waals surface area contributed by atoms with E-state index in [0.717, 1.165) is 40.6 Å². The Labute approximate surface area is 437 Å². The third-order valence-corrected chi connectivity index (χ3v) is 19.1. The van der Waals surface area contributed by atoms with E-state index in [2.05, 4.69) is 49.8 Å². The van der Waals surface area contributed by atoms with Crippen LogP contribution in [0.1, 0.15) is 111 Å². The van der Waals surface area contributed by atoms with Crippen LogP contribution in [-0.2, 0) is 19.1 Å². The summed E-state index contributed by atoms with van der Waals surface area (Å²) in [5.41, 5.74) is 4.42. The van der Waals surface area contributed by atoms with Crippen LogP contribution in [0.4, 0.5) is 22.8 Å². The molecule has 3 aliphatic heterocycles. The molecule has 21 heteroatoms. The van der Waals surface area contributed by atoms with E-state index in [-0.39, 0.29) is 49.5 Å². The minimum absolute atomic E-state index is 0.0945. The van der Waals surface area contributed by atoms with Gasteiger partial charge in [0.2, 0.25) is 24.0 Å². The number of fused-ring (bicyclic) bond motifs is 5. The molecule has 4 fully saturated rings. The van der Waals surface area contributed by atoms with Crippen molar-refractivity contribution in [1.82, 2.24) is 44.9 Å². The van der Waals surface area contributed by atoms with Gasteiger partial charge in [0.25, 0.3) is 0 Å². The first-order valence-corrected chi connectivity index (χ1v) is 29.2. The van der Waals surface area contributed by atoms with E-state index in [1.54, 1.807) is 33.5 Å². The Morgan fingerprint density at radius 3 is 2.20 bits per heavy atom. The van der Waals surface area contributed by atoms with Gasteiger partial charge in [-0.25, -0.2) is 42.8 Å². The highest BCUT2D eigenvalue weighted by Crippen LogP contribution is 2.54. The lowest BCUT2D eigenvalue weighted by molar-refractivity contribution is -0.137. The van der Waals surface area contributed by atoms with Gasteiger partial charge >= 0.3 is 12.2 Å². The van der Waals surface area contributed by atoms with Crippen LogP contribution in [0.3, 0.4) is 0 Å². The zero-order valence-corrected chi connectivity index (χ0v) is 44.3. The fourth-order valence-corrected chi connectivity index (χ4v) is 15.1.